The van der Waals surface area contributed by atoms with E-state index in [0.717, 1.165) is 22.5 Å². The van der Waals surface area contributed by atoms with Gasteiger partial charge in [0, 0.05) is 25.7 Å². The zero-order valence-electron chi connectivity index (χ0n) is 17.2. The Morgan fingerprint density at radius 1 is 1.23 bits per heavy atom. The molecule has 2 aromatic carbocycles. The van der Waals surface area contributed by atoms with E-state index in [-0.39, 0.29) is 16.7 Å². The third-order valence-electron chi connectivity index (χ3n) is 4.64. The molecule has 0 fully saturated rings. The number of hydrogen-bond donors (Lipinski definition) is 3. The van der Waals surface area contributed by atoms with E-state index >= 15 is 0 Å². The average molecular weight is 430 g/mol. The number of ether oxygens (including phenoxy) is 1. The van der Waals surface area contributed by atoms with Crippen LogP contribution in [0.15, 0.2) is 47.3 Å². The van der Waals surface area contributed by atoms with Crippen molar-refractivity contribution >= 4 is 27.6 Å². The minimum Gasteiger partial charge on any atom is -0.506 e. The van der Waals surface area contributed by atoms with Crippen LogP contribution in [0.25, 0.3) is 10.2 Å². The molecule has 160 valence electrons. The van der Waals surface area contributed by atoms with E-state index < -0.39 is 0 Å². The number of nitrogens with zero attached hydrogens (tertiary/aromatic N) is 1. The fraction of sp³-hybridized carbons (Fsp3) is 0.364. The SMILES string of the molecule is CC(C)NCCOC(=O)N(CCc1ccc(O)c2[nH]c(=O)sc12)Cc1ccccc1. The summed E-state index contributed by atoms with van der Waals surface area (Å²) in [5, 5.41) is 13.2. The lowest BCUT2D eigenvalue weighted by atomic mass is 10.1. The second-order valence-electron chi connectivity index (χ2n) is 7.34. The van der Waals surface area contributed by atoms with Gasteiger partial charge in [-0.2, -0.15) is 0 Å². The van der Waals surface area contributed by atoms with Gasteiger partial charge in [0.2, 0.25) is 0 Å². The van der Waals surface area contributed by atoms with Crippen LogP contribution in [0.2, 0.25) is 0 Å². The van der Waals surface area contributed by atoms with E-state index in [1.54, 1.807) is 17.0 Å². The number of benzene rings is 2. The van der Waals surface area contributed by atoms with Crippen LogP contribution in [0, 0.1) is 0 Å². The molecular formula is C22H27N3O4S. The smallest absolute Gasteiger partial charge is 0.410 e. The van der Waals surface area contributed by atoms with Crippen LogP contribution in [0.4, 0.5) is 4.79 Å². The van der Waals surface area contributed by atoms with Crippen LogP contribution in [0.3, 0.4) is 0 Å². The van der Waals surface area contributed by atoms with Gasteiger partial charge in [0.15, 0.2) is 0 Å². The van der Waals surface area contributed by atoms with Crippen LogP contribution >= 0.6 is 11.3 Å². The highest BCUT2D eigenvalue weighted by Crippen LogP contribution is 2.28. The molecule has 0 aliphatic carbocycles. The number of carbonyl (C=O) groups excluding carboxylic acids is 1. The first-order valence-corrected chi connectivity index (χ1v) is 10.8. The van der Waals surface area contributed by atoms with Gasteiger partial charge in [-0.3, -0.25) is 4.79 Å². The highest BCUT2D eigenvalue weighted by atomic mass is 32.1. The maximum atomic E-state index is 12.7. The van der Waals surface area contributed by atoms with Gasteiger partial charge in [0.1, 0.15) is 17.9 Å². The van der Waals surface area contributed by atoms with Crippen LogP contribution in [-0.2, 0) is 17.7 Å². The first-order chi connectivity index (χ1) is 14.4. The Kier molecular flexibility index (Phi) is 7.48. The van der Waals surface area contributed by atoms with Gasteiger partial charge >= 0.3 is 11.0 Å². The number of phenols is 1. The third kappa shape index (κ3) is 5.84. The molecule has 0 saturated carbocycles. The fourth-order valence-corrected chi connectivity index (χ4v) is 4.04. The molecule has 0 saturated heterocycles. The van der Waals surface area contributed by atoms with Crippen molar-refractivity contribution < 1.29 is 14.6 Å². The first kappa shape index (κ1) is 21.9. The molecule has 1 amide bonds. The molecule has 7 nitrogen and oxygen atoms in total. The lowest BCUT2D eigenvalue weighted by Gasteiger charge is -2.23. The summed E-state index contributed by atoms with van der Waals surface area (Å²) in [6, 6.07) is 13.4. The highest BCUT2D eigenvalue weighted by Gasteiger charge is 2.17. The molecule has 0 atom stereocenters. The molecule has 3 aromatic rings. The Bertz CT molecular complexity index is 1030. The lowest BCUT2D eigenvalue weighted by molar-refractivity contribution is 0.100. The molecule has 0 unspecified atom stereocenters. The summed E-state index contributed by atoms with van der Waals surface area (Å²) >= 11 is 1.06. The highest BCUT2D eigenvalue weighted by molar-refractivity contribution is 7.16. The first-order valence-electron chi connectivity index (χ1n) is 9.96. The van der Waals surface area contributed by atoms with E-state index in [0.29, 0.717) is 48.9 Å². The number of aromatic nitrogens is 1. The summed E-state index contributed by atoms with van der Waals surface area (Å²) < 4.78 is 6.17. The number of amides is 1. The Balaban J connectivity index is 1.71. The van der Waals surface area contributed by atoms with E-state index in [4.69, 9.17) is 4.74 Å². The van der Waals surface area contributed by atoms with Crippen LogP contribution in [0.5, 0.6) is 5.75 Å². The Hall–Kier alpha value is -2.84. The lowest BCUT2D eigenvalue weighted by Crippen LogP contribution is -2.35. The molecule has 30 heavy (non-hydrogen) atoms. The van der Waals surface area contributed by atoms with Crippen molar-refractivity contribution in [1.29, 1.82) is 0 Å². The summed E-state index contributed by atoms with van der Waals surface area (Å²) in [6.45, 7) is 5.83. The zero-order chi connectivity index (χ0) is 21.5. The fourth-order valence-electron chi connectivity index (χ4n) is 3.14. The molecule has 8 heteroatoms. The average Bonchev–Trinajstić information content (AvgIpc) is 3.12. The van der Waals surface area contributed by atoms with Gasteiger partial charge in [-0.05, 0) is 23.6 Å². The maximum absolute atomic E-state index is 12.7. The molecule has 3 rings (SSSR count). The second-order valence-corrected chi connectivity index (χ2v) is 8.33. The number of fused-ring (bicyclic) bond motifs is 1. The molecule has 0 bridgehead atoms. The minimum absolute atomic E-state index is 0.0466. The molecule has 0 aliphatic rings. The predicted molar refractivity (Wildman–Crippen MR) is 119 cm³/mol. The molecule has 0 radical (unpaired) electrons. The van der Waals surface area contributed by atoms with Crippen molar-refractivity contribution in [3.63, 3.8) is 0 Å². The van der Waals surface area contributed by atoms with E-state index in [2.05, 4.69) is 10.3 Å². The summed E-state index contributed by atoms with van der Waals surface area (Å²) in [6.07, 6.45) is 0.165. The third-order valence-corrected chi connectivity index (χ3v) is 5.60. The summed E-state index contributed by atoms with van der Waals surface area (Å²) in [5.41, 5.74) is 2.36. The number of hydrogen-bond acceptors (Lipinski definition) is 6. The molecule has 0 aliphatic heterocycles. The number of carbonyl (C=O) groups is 1. The van der Waals surface area contributed by atoms with Crippen LogP contribution < -0.4 is 10.2 Å². The van der Waals surface area contributed by atoms with Gasteiger partial charge in [-0.1, -0.05) is 61.6 Å². The van der Waals surface area contributed by atoms with Crippen molar-refractivity contribution in [2.75, 3.05) is 19.7 Å². The van der Waals surface area contributed by atoms with E-state index in [1.165, 1.54) is 0 Å². The number of thiazole rings is 1. The van der Waals surface area contributed by atoms with Gasteiger partial charge in [0.05, 0.1) is 4.70 Å². The Morgan fingerprint density at radius 2 is 2.00 bits per heavy atom. The van der Waals surface area contributed by atoms with Crippen molar-refractivity contribution in [2.45, 2.75) is 32.9 Å². The molecular weight excluding hydrogens is 402 g/mol. The minimum atomic E-state index is -0.373. The monoisotopic (exact) mass is 429 g/mol. The second kappa shape index (κ2) is 10.3. The summed E-state index contributed by atoms with van der Waals surface area (Å²) in [7, 11) is 0. The molecule has 3 N–H and O–H groups in total. The normalized spacial score (nSPS) is 11.2. The predicted octanol–water partition coefficient (Wildman–Crippen LogP) is 3.47. The van der Waals surface area contributed by atoms with Gasteiger partial charge < -0.3 is 25.0 Å². The topological polar surface area (TPSA) is 94.7 Å². The van der Waals surface area contributed by atoms with Gasteiger partial charge in [-0.25, -0.2) is 4.79 Å². The molecule has 1 aromatic heterocycles. The standard InChI is InChI=1S/C22H27N3O4S/c1-15(2)23-11-13-29-22(28)25(14-16-6-4-3-5-7-16)12-10-17-8-9-18(26)19-20(17)30-21(27)24-19/h3-9,15,23,26H,10-14H2,1-2H3,(H,24,27). The number of H-pyrrole nitrogens is 1. The molecule has 0 spiro atoms. The number of aromatic amines is 1. The van der Waals surface area contributed by atoms with Gasteiger partial charge in [-0.15, -0.1) is 0 Å². The number of phenolic OH excluding ortho intramolecular Hbond substituents is 1. The summed E-state index contributed by atoms with van der Waals surface area (Å²) in [5.74, 6) is 0.0466. The number of rotatable bonds is 9. The van der Waals surface area contributed by atoms with Crippen LogP contribution in [0.1, 0.15) is 25.0 Å². The van der Waals surface area contributed by atoms with Crippen LogP contribution in [-0.4, -0.2) is 46.8 Å². The van der Waals surface area contributed by atoms with E-state index in [9.17, 15) is 14.7 Å². The summed E-state index contributed by atoms with van der Waals surface area (Å²) in [4.78, 5) is 28.6. The molecule has 1 heterocycles. The Labute approximate surface area is 179 Å². The number of aromatic hydroxyl groups is 1. The van der Waals surface area contributed by atoms with Gasteiger partial charge in [0.25, 0.3) is 0 Å². The Morgan fingerprint density at radius 3 is 2.73 bits per heavy atom. The zero-order valence-corrected chi connectivity index (χ0v) is 18.0. The quantitative estimate of drug-likeness (QED) is 0.453. The largest absolute Gasteiger partial charge is 0.506 e. The van der Waals surface area contributed by atoms with E-state index in [1.807, 2.05) is 44.2 Å². The van der Waals surface area contributed by atoms with Crippen molar-refractivity contribution in [1.82, 2.24) is 15.2 Å². The van der Waals surface area contributed by atoms with Crippen molar-refractivity contribution in [3.05, 3.63) is 63.3 Å². The van der Waals surface area contributed by atoms with Crippen molar-refractivity contribution in [2.24, 2.45) is 0 Å². The van der Waals surface area contributed by atoms with Crippen molar-refractivity contribution in [3.8, 4) is 5.75 Å². The maximum Gasteiger partial charge on any atom is 0.410 e. The number of nitrogens with one attached hydrogen (secondary N) is 2.